The van der Waals surface area contributed by atoms with Gasteiger partial charge in [-0.1, -0.05) is 5.16 Å². The summed E-state index contributed by atoms with van der Waals surface area (Å²) < 4.78 is 4.55. The van der Waals surface area contributed by atoms with E-state index in [0.717, 1.165) is 6.39 Å². The van der Waals surface area contributed by atoms with Gasteiger partial charge in [0.25, 0.3) is 11.6 Å². The Morgan fingerprint density at radius 2 is 2.29 bits per heavy atom. The van der Waals surface area contributed by atoms with Crippen LogP contribution < -0.4 is 10.6 Å². The Morgan fingerprint density at radius 3 is 2.90 bits per heavy atom. The Hall–Kier alpha value is -2.97. The molecule has 0 radical (unpaired) electrons. The van der Waals surface area contributed by atoms with Gasteiger partial charge >= 0.3 is 0 Å². The molecule has 1 amide bonds. The molecule has 0 unspecified atom stereocenters. The van der Waals surface area contributed by atoms with Crippen LogP contribution in [0.4, 0.5) is 11.4 Å². The average Bonchev–Trinajstić information content (AvgIpc) is 2.98. The highest BCUT2D eigenvalue weighted by Crippen LogP contribution is 2.22. The minimum Gasteiger partial charge on any atom is -0.385 e. The Bertz CT molecular complexity index is 641. The monoisotopic (exact) mass is 291 g/mol. The van der Waals surface area contributed by atoms with Crippen LogP contribution in [0.2, 0.25) is 0 Å². The Morgan fingerprint density at radius 1 is 1.48 bits per heavy atom. The summed E-state index contributed by atoms with van der Waals surface area (Å²) in [5, 5.41) is 19.9. The van der Waals surface area contributed by atoms with Gasteiger partial charge in [0.1, 0.15) is 0 Å². The number of rotatable bonds is 6. The van der Waals surface area contributed by atoms with Crippen LogP contribution in [0, 0.1) is 10.1 Å². The minimum absolute atomic E-state index is 0.0730. The molecule has 110 valence electrons. The lowest BCUT2D eigenvalue weighted by Crippen LogP contribution is -2.24. The molecule has 1 aromatic carbocycles. The molecule has 0 fully saturated rings. The van der Waals surface area contributed by atoms with Crippen molar-refractivity contribution in [2.75, 3.05) is 11.9 Å². The zero-order valence-electron chi connectivity index (χ0n) is 11.2. The number of nitrogens with zero attached hydrogens (tertiary/aromatic N) is 3. The fourth-order valence-electron chi connectivity index (χ4n) is 1.70. The van der Waals surface area contributed by atoms with E-state index >= 15 is 0 Å². The molecule has 2 aromatic rings. The van der Waals surface area contributed by atoms with Crippen LogP contribution in [0.15, 0.2) is 29.1 Å². The quantitative estimate of drug-likeness (QED) is 0.608. The van der Waals surface area contributed by atoms with Crippen LogP contribution in [0.1, 0.15) is 23.1 Å². The van der Waals surface area contributed by atoms with E-state index in [9.17, 15) is 14.9 Å². The van der Waals surface area contributed by atoms with Gasteiger partial charge in [0.2, 0.25) is 6.39 Å². The highest BCUT2D eigenvalue weighted by molar-refractivity contribution is 6.00. The van der Waals surface area contributed by atoms with E-state index in [4.69, 9.17) is 0 Å². The molecular formula is C12H13N5O4. The van der Waals surface area contributed by atoms with Crippen molar-refractivity contribution < 1.29 is 14.2 Å². The van der Waals surface area contributed by atoms with Crippen LogP contribution >= 0.6 is 0 Å². The van der Waals surface area contributed by atoms with E-state index in [1.165, 1.54) is 18.2 Å². The highest BCUT2D eigenvalue weighted by atomic mass is 16.6. The van der Waals surface area contributed by atoms with Gasteiger partial charge in [0, 0.05) is 24.4 Å². The molecule has 1 aromatic heterocycles. The molecule has 0 bridgehead atoms. The van der Waals surface area contributed by atoms with E-state index in [-0.39, 0.29) is 17.8 Å². The standard InChI is InChI=1S/C12H13N5O4/c1-2-13-10-4-3-8(17(19)20)5-9(10)12(18)14-6-11-15-7-21-16-11/h3-5,7,13H,2,6H2,1H3,(H,14,18). The molecule has 9 heteroatoms. The van der Waals surface area contributed by atoms with Gasteiger partial charge in [0.15, 0.2) is 5.82 Å². The maximum absolute atomic E-state index is 12.2. The first-order valence-corrected chi connectivity index (χ1v) is 6.17. The van der Waals surface area contributed by atoms with Crippen LogP contribution in [0.5, 0.6) is 0 Å². The Kier molecular flexibility index (Phi) is 4.44. The lowest BCUT2D eigenvalue weighted by Gasteiger charge is -2.10. The smallest absolute Gasteiger partial charge is 0.270 e. The van der Waals surface area contributed by atoms with Crippen molar-refractivity contribution in [2.45, 2.75) is 13.5 Å². The second-order valence-corrected chi connectivity index (χ2v) is 4.05. The molecule has 1 heterocycles. The summed E-state index contributed by atoms with van der Waals surface area (Å²) in [5.74, 6) is -0.141. The van der Waals surface area contributed by atoms with Gasteiger partial charge in [-0.15, -0.1) is 0 Å². The molecule has 0 saturated heterocycles. The third-order valence-corrected chi connectivity index (χ3v) is 2.64. The maximum Gasteiger partial charge on any atom is 0.270 e. The molecule has 2 rings (SSSR count). The van der Waals surface area contributed by atoms with E-state index in [0.29, 0.717) is 18.1 Å². The second-order valence-electron chi connectivity index (χ2n) is 4.05. The molecule has 0 aliphatic heterocycles. The van der Waals surface area contributed by atoms with Crippen molar-refractivity contribution in [1.29, 1.82) is 0 Å². The predicted octanol–water partition coefficient (Wildman–Crippen LogP) is 1.34. The molecule has 21 heavy (non-hydrogen) atoms. The number of amides is 1. The number of non-ortho nitro benzene ring substituents is 1. The molecule has 0 aliphatic carbocycles. The van der Waals surface area contributed by atoms with Crippen molar-refractivity contribution in [3.8, 4) is 0 Å². The average molecular weight is 291 g/mol. The zero-order valence-corrected chi connectivity index (χ0v) is 11.2. The number of nitro benzene ring substituents is 1. The van der Waals surface area contributed by atoms with Gasteiger partial charge in [0.05, 0.1) is 17.0 Å². The molecule has 0 saturated carbocycles. The topological polar surface area (TPSA) is 123 Å². The zero-order chi connectivity index (χ0) is 15.2. The van der Waals surface area contributed by atoms with Gasteiger partial charge in [-0.05, 0) is 13.0 Å². The third kappa shape index (κ3) is 3.53. The molecule has 0 atom stereocenters. The number of benzene rings is 1. The van der Waals surface area contributed by atoms with Crippen molar-refractivity contribution in [3.05, 3.63) is 46.1 Å². The minimum atomic E-state index is -0.550. The molecular weight excluding hydrogens is 278 g/mol. The summed E-state index contributed by atoms with van der Waals surface area (Å²) in [6, 6.07) is 4.07. The van der Waals surface area contributed by atoms with Crippen molar-refractivity contribution in [1.82, 2.24) is 15.5 Å². The number of nitrogens with one attached hydrogen (secondary N) is 2. The Balaban J connectivity index is 2.20. The number of carbonyl (C=O) groups is 1. The third-order valence-electron chi connectivity index (χ3n) is 2.64. The summed E-state index contributed by atoms with van der Waals surface area (Å²) in [4.78, 5) is 26.2. The first kappa shape index (κ1) is 14.4. The first-order valence-electron chi connectivity index (χ1n) is 6.17. The summed E-state index contributed by atoms with van der Waals surface area (Å²) in [6.07, 6.45) is 1.15. The van der Waals surface area contributed by atoms with Crippen LogP contribution in [0.25, 0.3) is 0 Å². The van der Waals surface area contributed by atoms with Gasteiger partial charge in [-0.25, -0.2) is 0 Å². The van der Waals surface area contributed by atoms with Crippen molar-refractivity contribution >= 4 is 17.3 Å². The summed E-state index contributed by atoms with van der Waals surface area (Å²) >= 11 is 0. The number of hydrogen-bond acceptors (Lipinski definition) is 7. The highest BCUT2D eigenvalue weighted by Gasteiger charge is 2.16. The van der Waals surface area contributed by atoms with E-state index < -0.39 is 10.8 Å². The summed E-state index contributed by atoms with van der Waals surface area (Å²) in [6.45, 7) is 2.52. The van der Waals surface area contributed by atoms with E-state index in [1.807, 2.05) is 6.92 Å². The van der Waals surface area contributed by atoms with Gasteiger partial charge < -0.3 is 15.2 Å². The lowest BCUT2D eigenvalue weighted by atomic mass is 10.1. The molecule has 0 aliphatic rings. The number of nitro groups is 1. The number of hydrogen-bond donors (Lipinski definition) is 2. The SMILES string of the molecule is CCNc1ccc([N+](=O)[O-])cc1C(=O)NCc1ncon1. The largest absolute Gasteiger partial charge is 0.385 e. The molecule has 0 spiro atoms. The van der Waals surface area contributed by atoms with Crippen LogP contribution in [0.3, 0.4) is 0 Å². The fourth-order valence-corrected chi connectivity index (χ4v) is 1.70. The lowest BCUT2D eigenvalue weighted by molar-refractivity contribution is -0.384. The molecule has 2 N–H and O–H groups in total. The van der Waals surface area contributed by atoms with E-state index in [1.54, 1.807) is 0 Å². The predicted molar refractivity (Wildman–Crippen MR) is 72.7 cm³/mol. The van der Waals surface area contributed by atoms with Crippen molar-refractivity contribution in [3.63, 3.8) is 0 Å². The van der Waals surface area contributed by atoms with Crippen LogP contribution in [-0.2, 0) is 6.54 Å². The van der Waals surface area contributed by atoms with Crippen LogP contribution in [-0.4, -0.2) is 27.5 Å². The van der Waals surface area contributed by atoms with Crippen molar-refractivity contribution in [2.24, 2.45) is 0 Å². The first-order chi connectivity index (χ1) is 10.1. The number of aromatic nitrogens is 2. The second kappa shape index (κ2) is 6.46. The van der Waals surface area contributed by atoms with Gasteiger partial charge in [-0.2, -0.15) is 4.98 Å². The fraction of sp³-hybridized carbons (Fsp3) is 0.250. The van der Waals surface area contributed by atoms with Gasteiger partial charge in [-0.3, -0.25) is 14.9 Å². The molecule has 9 nitrogen and oxygen atoms in total. The Labute approximate surface area is 119 Å². The summed E-state index contributed by atoms with van der Waals surface area (Å²) in [7, 11) is 0. The summed E-state index contributed by atoms with van der Waals surface area (Å²) in [5.41, 5.74) is 0.560. The number of anilines is 1. The van der Waals surface area contributed by atoms with E-state index in [2.05, 4.69) is 25.3 Å². The normalized spacial score (nSPS) is 10.1. The maximum atomic E-state index is 12.2. The number of carbonyl (C=O) groups excluding carboxylic acids is 1.